The Balaban J connectivity index is 2.38. The van der Waals surface area contributed by atoms with Crippen LogP contribution < -0.4 is 4.90 Å². The molecule has 2 atom stereocenters. The van der Waals surface area contributed by atoms with Crippen molar-refractivity contribution < 1.29 is 80.6 Å². The van der Waals surface area contributed by atoms with Crippen molar-refractivity contribution in [1.82, 2.24) is 0 Å². The van der Waals surface area contributed by atoms with E-state index < -0.39 is 133 Å². The third-order valence-electron chi connectivity index (χ3n) is 7.01. The van der Waals surface area contributed by atoms with Gasteiger partial charge >= 0.3 is 7.32 Å². The first-order valence-corrected chi connectivity index (χ1v) is 11.3. The van der Waals surface area contributed by atoms with Gasteiger partial charge in [-0.2, -0.15) is 0 Å². The van der Waals surface area contributed by atoms with Crippen molar-refractivity contribution in [3.8, 4) is 0 Å². The number of benzene rings is 3. The molecule has 4 rings (SSSR count). The highest BCUT2D eigenvalue weighted by molar-refractivity contribution is 6.33. The number of halogens is 15. The SMILES string of the molecule is CC1=CN(c2c(F)c(F)c(F)c(F)c2F)C(C)(c2c(F)c(F)c(F)c(F)c2F)C1(OB(O)O)c1c(F)c(F)c(F)c(F)c1F. The first-order valence-electron chi connectivity index (χ1n) is 11.3. The van der Waals surface area contributed by atoms with Crippen molar-refractivity contribution in [1.29, 1.82) is 0 Å². The van der Waals surface area contributed by atoms with E-state index in [1.165, 1.54) is 0 Å². The number of rotatable bonds is 5. The van der Waals surface area contributed by atoms with Crippen molar-refractivity contribution in [3.05, 3.63) is 110 Å². The molecule has 0 amide bonds. The van der Waals surface area contributed by atoms with Gasteiger partial charge in [0.2, 0.25) is 17.5 Å². The van der Waals surface area contributed by atoms with Crippen LogP contribution in [0.3, 0.4) is 0 Å². The standard InChI is InChI=1S/C24H9BF15NO3/c1-4-3-41(22-20(39)18(37)17(36)19(38)21(22)40)23(2,5-7(26)11(30)15(34)12(31)8(5)27)24(4,44-25(42)43)6-9(28)13(32)16(35)14(33)10(6)29/h3,42-43H,1-2H3. The third-order valence-corrected chi connectivity index (χ3v) is 7.01. The fourth-order valence-corrected chi connectivity index (χ4v) is 5.17. The van der Waals surface area contributed by atoms with Gasteiger partial charge < -0.3 is 19.6 Å². The molecule has 0 fully saturated rings. The summed E-state index contributed by atoms with van der Waals surface area (Å²) in [6, 6.07) is 0. The number of anilines is 1. The van der Waals surface area contributed by atoms with Gasteiger partial charge in [0.25, 0.3) is 0 Å². The van der Waals surface area contributed by atoms with Gasteiger partial charge in [-0.25, -0.2) is 65.9 Å². The molecule has 3 aromatic carbocycles. The lowest BCUT2D eigenvalue weighted by Crippen LogP contribution is -2.59. The average molecular weight is 655 g/mol. The maximum Gasteiger partial charge on any atom is 0.634 e. The number of hydrogen-bond donors (Lipinski definition) is 2. The normalized spacial score (nSPS) is 20.1. The second-order valence-corrected chi connectivity index (χ2v) is 9.19. The van der Waals surface area contributed by atoms with Crippen LogP contribution in [0.4, 0.5) is 71.5 Å². The average Bonchev–Trinajstić information content (AvgIpc) is 3.17. The largest absolute Gasteiger partial charge is 0.634 e. The summed E-state index contributed by atoms with van der Waals surface area (Å²) in [4.78, 5) is -0.586. The van der Waals surface area contributed by atoms with E-state index in [0.717, 1.165) is 0 Å². The molecule has 0 radical (unpaired) electrons. The van der Waals surface area contributed by atoms with Crippen LogP contribution in [0.1, 0.15) is 25.0 Å². The Hall–Kier alpha value is -3.91. The highest BCUT2D eigenvalue weighted by atomic mass is 19.2. The molecule has 0 spiro atoms. The van der Waals surface area contributed by atoms with Gasteiger partial charge in [0.05, 0.1) is 11.1 Å². The summed E-state index contributed by atoms with van der Waals surface area (Å²) in [5, 5.41) is 19.3. The summed E-state index contributed by atoms with van der Waals surface area (Å²) in [7, 11) is -3.56. The maximum absolute atomic E-state index is 15.4. The van der Waals surface area contributed by atoms with Crippen LogP contribution >= 0.6 is 0 Å². The van der Waals surface area contributed by atoms with Gasteiger partial charge in [-0.15, -0.1) is 0 Å². The van der Waals surface area contributed by atoms with Crippen molar-refractivity contribution in [2.75, 3.05) is 4.90 Å². The molecule has 0 saturated carbocycles. The lowest BCUT2D eigenvalue weighted by molar-refractivity contribution is -0.0161. The van der Waals surface area contributed by atoms with Crippen LogP contribution in [0.5, 0.6) is 0 Å². The summed E-state index contributed by atoms with van der Waals surface area (Å²) in [5.41, 5.74) is -17.1. The highest BCUT2D eigenvalue weighted by Crippen LogP contribution is 2.61. The van der Waals surface area contributed by atoms with Crippen LogP contribution in [-0.4, -0.2) is 17.4 Å². The van der Waals surface area contributed by atoms with E-state index in [1.54, 1.807) is 0 Å². The molecule has 2 N–H and O–H groups in total. The van der Waals surface area contributed by atoms with Gasteiger partial charge in [0, 0.05) is 6.20 Å². The summed E-state index contributed by atoms with van der Waals surface area (Å²) < 4.78 is 224. The van der Waals surface area contributed by atoms with Crippen molar-refractivity contribution in [2.45, 2.75) is 25.0 Å². The second kappa shape index (κ2) is 10.6. The fourth-order valence-electron chi connectivity index (χ4n) is 5.17. The highest BCUT2D eigenvalue weighted by Gasteiger charge is 2.67. The minimum atomic E-state index is -4.23. The van der Waals surface area contributed by atoms with E-state index in [2.05, 4.69) is 4.65 Å². The molecule has 1 aliphatic rings. The zero-order valence-electron chi connectivity index (χ0n) is 21.1. The summed E-state index contributed by atoms with van der Waals surface area (Å²) in [6.07, 6.45) is -0.0588. The van der Waals surface area contributed by atoms with E-state index >= 15 is 26.3 Å². The minimum Gasteiger partial charge on any atom is -0.402 e. The van der Waals surface area contributed by atoms with Crippen molar-refractivity contribution in [2.24, 2.45) is 0 Å². The monoisotopic (exact) mass is 655 g/mol. The molecule has 3 aromatic rings. The lowest BCUT2D eigenvalue weighted by atomic mass is 9.68. The van der Waals surface area contributed by atoms with Gasteiger partial charge in [0.1, 0.15) is 16.8 Å². The Morgan fingerprint density at radius 1 is 0.523 bits per heavy atom. The lowest BCUT2D eigenvalue weighted by Gasteiger charge is -2.49. The molecule has 0 saturated heterocycles. The molecule has 0 aromatic heterocycles. The van der Waals surface area contributed by atoms with Crippen LogP contribution in [-0.2, 0) is 15.8 Å². The molecule has 20 heteroatoms. The summed E-state index contributed by atoms with van der Waals surface area (Å²) in [5.74, 6) is -43.8. The molecule has 0 aliphatic carbocycles. The zero-order chi connectivity index (χ0) is 33.5. The predicted molar refractivity (Wildman–Crippen MR) is 115 cm³/mol. The van der Waals surface area contributed by atoms with Crippen LogP contribution in [0, 0.1) is 87.3 Å². The van der Waals surface area contributed by atoms with E-state index in [1.807, 2.05) is 0 Å². The molecule has 1 aliphatic heterocycles. The second-order valence-electron chi connectivity index (χ2n) is 9.19. The van der Waals surface area contributed by atoms with Crippen LogP contribution in [0.15, 0.2) is 11.8 Å². The Kier molecular flexibility index (Phi) is 7.96. The van der Waals surface area contributed by atoms with Crippen LogP contribution in [0.25, 0.3) is 0 Å². The maximum atomic E-state index is 15.4. The van der Waals surface area contributed by atoms with Gasteiger partial charge in [-0.3, -0.25) is 0 Å². The first-order chi connectivity index (χ1) is 20.2. The molecular weight excluding hydrogens is 646 g/mol. The zero-order valence-corrected chi connectivity index (χ0v) is 21.1. The minimum absolute atomic E-state index is 0.0171. The quantitative estimate of drug-likeness (QED) is 0.147. The molecular formula is C24H9BF15NO3. The van der Waals surface area contributed by atoms with E-state index in [-0.39, 0.29) is 13.1 Å². The fraction of sp³-hybridized carbons (Fsp3) is 0.167. The topological polar surface area (TPSA) is 52.9 Å². The smallest absolute Gasteiger partial charge is 0.402 e. The Morgan fingerprint density at radius 2 is 0.818 bits per heavy atom. The molecule has 0 bridgehead atoms. The van der Waals surface area contributed by atoms with E-state index in [9.17, 15) is 49.6 Å². The van der Waals surface area contributed by atoms with Gasteiger partial charge in [-0.1, -0.05) is 0 Å². The summed E-state index contributed by atoms with van der Waals surface area (Å²) in [6.45, 7) is 0.396. The predicted octanol–water partition coefficient (Wildman–Crippen LogP) is 6.29. The third kappa shape index (κ3) is 4.03. The Bertz CT molecular complexity index is 1700. The molecule has 44 heavy (non-hydrogen) atoms. The van der Waals surface area contributed by atoms with Gasteiger partial charge in [0.15, 0.2) is 69.8 Å². The van der Waals surface area contributed by atoms with Crippen molar-refractivity contribution >= 4 is 13.0 Å². The Morgan fingerprint density at radius 3 is 1.16 bits per heavy atom. The van der Waals surface area contributed by atoms with Crippen LogP contribution in [0.2, 0.25) is 0 Å². The number of nitrogens with zero attached hydrogens (tertiary/aromatic N) is 1. The van der Waals surface area contributed by atoms with Gasteiger partial charge in [-0.05, 0) is 19.4 Å². The number of hydrogen-bond acceptors (Lipinski definition) is 4. The van der Waals surface area contributed by atoms with E-state index in [4.69, 9.17) is 0 Å². The van der Waals surface area contributed by atoms with E-state index in [0.29, 0.717) is 6.92 Å². The molecule has 4 nitrogen and oxygen atoms in total. The summed E-state index contributed by atoms with van der Waals surface area (Å²) >= 11 is 0. The molecule has 2 unspecified atom stereocenters. The Labute approximate surface area is 234 Å². The molecule has 1 heterocycles. The first kappa shape index (κ1) is 33.0. The molecule has 236 valence electrons. The van der Waals surface area contributed by atoms with Crippen molar-refractivity contribution in [3.63, 3.8) is 0 Å².